The highest BCUT2D eigenvalue weighted by molar-refractivity contribution is 6.29. The van der Waals surface area contributed by atoms with Gasteiger partial charge < -0.3 is 10.6 Å². The molecule has 2 N–H and O–H groups in total. The summed E-state index contributed by atoms with van der Waals surface area (Å²) in [5.41, 5.74) is 0.396. The lowest BCUT2D eigenvalue weighted by atomic mass is 10.2. The molecule has 0 spiro atoms. The van der Waals surface area contributed by atoms with Crippen molar-refractivity contribution in [2.75, 3.05) is 17.7 Å². The number of hydrogen-bond donors (Lipinski definition) is 2. The van der Waals surface area contributed by atoms with Crippen LogP contribution in [-0.2, 0) is 6.18 Å². The van der Waals surface area contributed by atoms with Gasteiger partial charge in [-0.25, -0.2) is 9.97 Å². The molecule has 21 heavy (non-hydrogen) atoms. The predicted molar refractivity (Wildman–Crippen MR) is 73.8 cm³/mol. The molecule has 0 unspecified atom stereocenters. The fourth-order valence-electron chi connectivity index (χ4n) is 1.61. The van der Waals surface area contributed by atoms with E-state index in [1.54, 1.807) is 13.0 Å². The van der Waals surface area contributed by atoms with Crippen LogP contribution >= 0.6 is 11.6 Å². The second-order valence-electron chi connectivity index (χ2n) is 4.15. The van der Waals surface area contributed by atoms with Crippen molar-refractivity contribution in [3.8, 4) is 0 Å². The summed E-state index contributed by atoms with van der Waals surface area (Å²) in [7, 11) is 1.36. The van der Waals surface area contributed by atoms with Crippen LogP contribution in [0, 0.1) is 6.92 Å². The van der Waals surface area contributed by atoms with Crippen molar-refractivity contribution < 1.29 is 13.2 Å². The van der Waals surface area contributed by atoms with Crippen LogP contribution in [0.4, 0.5) is 30.6 Å². The first kappa shape index (κ1) is 15.3. The summed E-state index contributed by atoms with van der Waals surface area (Å²) in [6.07, 6.45) is -2.34. The maximum atomic E-state index is 12.7. The van der Waals surface area contributed by atoms with E-state index in [-0.39, 0.29) is 11.8 Å². The lowest BCUT2D eigenvalue weighted by molar-refractivity contribution is -0.137. The summed E-state index contributed by atoms with van der Waals surface area (Å²) in [5.74, 6) is -0.279. The zero-order valence-electron chi connectivity index (χ0n) is 11.1. The molecule has 0 aromatic carbocycles. The quantitative estimate of drug-likeness (QED) is 0.846. The first-order chi connectivity index (χ1) is 9.81. The SMILES string of the molecule is CNc1nc(Nc2cnc(Cl)cc2C)ncc1C(F)(F)F. The van der Waals surface area contributed by atoms with Crippen molar-refractivity contribution in [1.82, 2.24) is 15.0 Å². The molecule has 0 aliphatic rings. The Labute approximate surface area is 123 Å². The summed E-state index contributed by atoms with van der Waals surface area (Å²) in [6, 6.07) is 1.62. The van der Waals surface area contributed by atoms with Crippen LogP contribution in [0.15, 0.2) is 18.5 Å². The number of aromatic nitrogens is 3. The smallest absolute Gasteiger partial charge is 0.372 e. The zero-order valence-corrected chi connectivity index (χ0v) is 11.8. The Bertz CT molecular complexity index is 660. The van der Waals surface area contributed by atoms with Crippen molar-refractivity contribution >= 4 is 29.1 Å². The number of rotatable bonds is 3. The predicted octanol–water partition coefficient (Wildman–Crippen LogP) is 3.64. The molecule has 0 radical (unpaired) electrons. The largest absolute Gasteiger partial charge is 0.421 e. The lowest BCUT2D eigenvalue weighted by Gasteiger charge is -2.13. The van der Waals surface area contributed by atoms with E-state index in [4.69, 9.17) is 11.6 Å². The highest BCUT2D eigenvalue weighted by Crippen LogP contribution is 2.33. The van der Waals surface area contributed by atoms with Crippen LogP contribution in [0.1, 0.15) is 11.1 Å². The van der Waals surface area contributed by atoms with E-state index in [2.05, 4.69) is 25.6 Å². The number of anilines is 3. The third-order valence-corrected chi connectivity index (χ3v) is 2.86. The Morgan fingerprint density at radius 1 is 1.19 bits per heavy atom. The molecule has 0 atom stereocenters. The van der Waals surface area contributed by atoms with Crippen molar-refractivity contribution in [3.63, 3.8) is 0 Å². The minimum atomic E-state index is -4.52. The Kier molecular flexibility index (Phi) is 4.17. The van der Waals surface area contributed by atoms with Gasteiger partial charge in [-0.15, -0.1) is 0 Å². The van der Waals surface area contributed by atoms with Gasteiger partial charge in [-0.05, 0) is 18.6 Å². The van der Waals surface area contributed by atoms with E-state index in [1.165, 1.54) is 13.2 Å². The number of hydrogen-bond acceptors (Lipinski definition) is 5. The van der Waals surface area contributed by atoms with E-state index >= 15 is 0 Å². The van der Waals surface area contributed by atoms with E-state index in [0.717, 1.165) is 11.8 Å². The third-order valence-electron chi connectivity index (χ3n) is 2.65. The van der Waals surface area contributed by atoms with E-state index in [0.29, 0.717) is 10.8 Å². The molecule has 0 bridgehead atoms. The number of nitrogens with zero attached hydrogens (tertiary/aromatic N) is 3. The molecule has 5 nitrogen and oxygen atoms in total. The van der Waals surface area contributed by atoms with Gasteiger partial charge >= 0.3 is 6.18 Å². The van der Waals surface area contributed by atoms with Gasteiger partial charge in [0, 0.05) is 13.2 Å². The molecule has 0 fully saturated rings. The summed E-state index contributed by atoms with van der Waals surface area (Å²) < 4.78 is 38.2. The maximum Gasteiger partial charge on any atom is 0.421 e. The Balaban J connectivity index is 2.33. The Morgan fingerprint density at radius 2 is 1.90 bits per heavy atom. The molecule has 0 aliphatic carbocycles. The van der Waals surface area contributed by atoms with Crippen LogP contribution in [0.3, 0.4) is 0 Å². The van der Waals surface area contributed by atoms with Gasteiger partial charge in [-0.1, -0.05) is 11.6 Å². The van der Waals surface area contributed by atoms with Gasteiger partial charge in [-0.2, -0.15) is 18.2 Å². The summed E-state index contributed by atoms with van der Waals surface area (Å²) in [5, 5.41) is 5.53. The monoisotopic (exact) mass is 317 g/mol. The number of halogens is 4. The highest BCUT2D eigenvalue weighted by atomic mass is 35.5. The second-order valence-corrected chi connectivity index (χ2v) is 4.54. The van der Waals surface area contributed by atoms with Gasteiger partial charge in [0.1, 0.15) is 16.5 Å². The number of aryl methyl sites for hydroxylation is 1. The van der Waals surface area contributed by atoms with Crippen molar-refractivity contribution in [2.24, 2.45) is 0 Å². The summed E-state index contributed by atoms with van der Waals surface area (Å²) in [4.78, 5) is 11.4. The molecular formula is C12H11ClF3N5. The maximum absolute atomic E-state index is 12.7. The normalized spacial score (nSPS) is 11.3. The minimum Gasteiger partial charge on any atom is -0.372 e. The first-order valence-electron chi connectivity index (χ1n) is 5.82. The molecule has 112 valence electrons. The van der Waals surface area contributed by atoms with Gasteiger partial charge in [0.2, 0.25) is 5.95 Å². The van der Waals surface area contributed by atoms with Crippen molar-refractivity contribution in [2.45, 2.75) is 13.1 Å². The van der Waals surface area contributed by atoms with E-state index in [9.17, 15) is 13.2 Å². The molecule has 9 heteroatoms. The standard InChI is InChI=1S/C12H11ClF3N5/c1-6-3-9(13)18-5-8(6)20-11-19-4-7(12(14,15)16)10(17-2)21-11/h3-5H,1-2H3,(H2,17,19,20,21). The number of alkyl halides is 3. The topological polar surface area (TPSA) is 62.7 Å². The summed E-state index contributed by atoms with van der Waals surface area (Å²) in [6.45, 7) is 1.78. The Morgan fingerprint density at radius 3 is 2.48 bits per heavy atom. The van der Waals surface area contributed by atoms with Gasteiger partial charge in [0.25, 0.3) is 0 Å². The van der Waals surface area contributed by atoms with E-state index in [1.807, 2.05) is 0 Å². The molecule has 0 amide bonds. The molecule has 0 saturated heterocycles. The molecule has 2 heterocycles. The zero-order chi connectivity index (χ0) is 15.6. The van der Waals surface area contributed by atoms with Gasteiger partial charge in [0.05, 0.1) is 11.9 Å². The lowest BCUT2D eigenvalue weighted by Crippen LogP contribution is -2.12. The highest BCUT2D eigenvalue weighted by Gasteiger charge is 2.35. The molecule has 2 aromatic rings. The fraction of sp³-hybridized carbons (Fsp3) is 0.250. The summed E-state index contributed by atoms with van der Waals surface area (Å²) >= 11 is 5.73. The number of nitrogens with one attached hydrogen (secondary N) is 2. The van der Waals surface area contributed by atoms with Gasteiger partial charge in [0.15, 0.2) is 0 Å². The average Bonchev–Trinajstić information content (AvgIpc) is 2.40. The molecule has 0 aliphatic heterocycles. The molecule has 0 saturated carbocycles. The second kappa shape index (κ2) is 5.72. The van der Waals surface area contributed by atoms with Crippen molar-refractivity contribution in [3.05, 3.63) is 34.7 Å². The molecule has 2 rings (SSSR count). The van der Waals surface area contributed by atoms with Crippen LogP contribution in [-0.4, -0.2) is 22.0 Å². The Hall–Kier alpha value is -2.09. The number of pyridine rings is 1. The van der Waals surface area contributed by atoms with Crippen LogP contribution in [0.25, 0.3) is 0 Å². The third kappa shape index (κ3) is 3.52. The van der Waals surface area contributed by atoms with Crippen LogP contribution < -0.4 is 10.6 Å². The van der Waals surface area contributed by atoms with Crippen LogP contribution in [0.2, 0.25) is 5.15 Å². The first-order valence-corrected chi connectivity index (χ1v) is 6.20. The van der Waals surface area contributed by atoms with E-state index < -0.39 is 11.7 Å². The minimum absolute atomic E-state index is 0.0274. The fourth-order valence-corrected chi connectivity index (χ4v) is 1.83. The average molecular weight is 318 g/mol. The van der Waals surface area contributed by atoms with Crippen molar-refractivity contribution in [1.29, 1.82) is 0 Å². The van der Waals surface area contributed by atoms with Crippen LogP contribution in [0.5, 0.6) is 0 Å². The molecule has 2 aromatic heterocycles. The van der Waals surface area contributed by atoms with Gasteiger partial charge in [-0.3, -0.25) is 0 Å². The molecular weight excluding hydrogens is 307 g/mol.